The van der Waals surface area contributed by atoms with Gasteiger partial charge in [0.05, 0.1) is 6.10 Å². The standard InChI is InChI=1S/C13H22O2/c1-4-5-6-7-8-9-10-11-13(14)15-12(2)3/h8-12H,4-7H2,1-3H3/b9-8+,11-10+. The van der Waals surface area contributed by atoms with E-state index in [1.54, 1.807) is 6.08 Å². The first kappa shape index (κ1) is 13.9. The summed E-state index contributed by atoms with van der Waals surface area (Å²) < 4.78 is 4.94. The number of unbranched alkanes of at least 4 members (excludes halogenated alkanes) is 3. The topological polar surface area (TPSA) is 26.3 Å². The third-order valence-corrected chi connectivity index (χ3v) is 1.81. The normalized spacial score (nSPS) is 11.7. The zero-order valence-electron chi connectivity index (χ0n) is 10.0. The van der Waals surface area contributed by atoms with Gasteiger partial charge >= 0.3 is 5.97 Å². The number of hydrogen-bond donors (Lipinski definition) is 0. The molecule has 0 aromatic heterocycles. The molecule has 15 heavy (non-hydrogen) atoms. The van der Waals surface area contributed by atoms with Gasteiger partial charge in [0.25, 0.3) is 0 Å². The van der Waals surface area contributed by atoms with Crippen LogP contribution in [0.25, 0.3) is 0 Å². The second-order valence-corrected chi connectivity index (χ2v) is 3.77. The van der Waals surface area contributed by atoms with Crippen molar-refractivity contribution in [2.75, 3.05) is 0 Å². The van der Waals surface area contributed by atoms with Crippen molar-refractivity contribution in [3.63, 3.8) is 0 Å². The highest BCUT2D eigenvalue weighted by molar-refractivity contribution is 5.82. The predicted octanol–water partition coefficient (Wildman–Crippen LogP) is 3.63. The smallest absolute Gasteiger partial charge is 0.330 e. The molecule has 0 fully saturated rings. The molecule has 0 bridgehead atoms. The molecule has 0 amide bonds. The van der Waals surface area contributed by atoms with Crippen LogP contribution in [0.4, 0.5) is 0 Å². The molecule has 0 aliphatic rings. The Morgan fingerprint density at radius 3 is 2.60 bits per heavy atom. The molecular weight excluding hydrogens is 188 g/mol. The third-order valence-electron chi connectivity index (χ3n) is 1.81. The van der Waals surface area contributed by atoms with Gasteiger partial charge in [0, 0.05) is 6.08 Å². The molecule has 0 aliphatic heterocycles. The van der Waals surface area contributed by atoms with Crippen LogP contribution in [0.15, 0.2) is 24.3 Å². The Labute approximate surface area is 93.0 Å². The summed E-state index contributed by atoms with van der Waals surface area (Å²) >= 11 is 0. The summed E-state index contributed by atoms with van der Waals surface area (Å²) in [6.07, 6.45) is 11.9. The number of esters is 1. The summed E-state index contributed by atoms with van der Waals surface area (Å²) in [5.74, 6) is -0.275. The van der Waals surface area contributed by atoms with Gasteiger partial charge < -0.3 is 4.74 Å². The lowest BCUT2D eigenvalue weighted by molar-refractivity contribution is -0.141. The lowest BCUT2D eigenvalue weighted by atomic mass is 10.2. The molecule has 86 valence electrons. The SMILES string of the molecule is CCCCC/C=C/C=C/C(=O)OC(C)C. The molecule has 0 saturated heterocycles. The maximum atomic E-state index is 11.0. The molecule has 0 aromatic carbocycles. The molecular formula is C13H22O2. The molecule has 0 unspecified atom stereocenters. The highest BCUT2D eigenvalue weighted by Crippen LogP contribution is 1.99. The molecule has 0 saturated carbocycles. The minimum absolute atomic E-state index is 0.0457. The van der Waals surface area contributed by atoms with Crippen molar-refractivity contribution in [2.45, 2.75) is 52.6 Å². The van der Waals surface area contributed by atoms with Crippen molar-refractivity contribution in [1.29, 1.82) is 0 Å². The lowest BCUT2D eigenvalue weighted by Gasteiger charge is -2.03. The van der Waals surface area contributed by atoms with E-state index in [0.717, 1.165) is 6.42 Å². The average molecular weight is 210 g/mol. The van der Waals surface area contributed by atoms with E-state index < -0.39 is 0 Å². The van der Waals surface area contributed by atoms with Gasteiger partial charge in [-0.25, -0.2) is 4.79 Å². The van der Waals surface area contributed by atoms with E-state index in [4.69, 9.17) is 4.74 Å². The predicted molar refractivity (Wildman–Crippen MR) is 63.7 cm³/mol. The minimum atomic E-state index is -0.275. The Hall–Kier alpha value is -1.05. The number of ether oxygens (including phenoxy) is 1. The summed E-state index contributed by atoms with van der Waals surface area (Å²) in [6, 6.07) is 0. The van der Waals surface area contributed by atoms with Gasteiger partial charge in [-0.1, -0.05) is 38.0 Å². The van der Waals surface area contributed by atoms with Crippen molar-refractivity contribution < 1.29 is 9.53 Å². The van der Waals surface area contributed by atoms with Crippen molar-refractivity contribution in [3.05, 3.63) is 24.3 Å². The van der Waals surface area contributed by atoms with Gasteiger partial charge in [0.2, 0.25) is 0 Å². The van der Waals surface area contributed by atoms with E-state index in [2.05, 4.69) is 13.0 Å². The highest BCUT2D eigenvalue weighted by Gasteiger charge is 1.97. The molecule has 0 aliphatic carbocycles. The van der Waals surface area contributed by atoms with Crippen molar-refractivity contribution >= 4 is 5.97 Å². The fourth-order valence-electron chi connectivity index (χ4n) is 1.09. The van der Waals surface area contributed by atoms with Gasteiger partial charge in [-0.05, 0) is 26.7 Å². The summed E-state index contributed by atoms with van der Waals surface area (Å²) in [5, 5.41) is 0. The van der Waals surface area contributed by atoms with Gasteiger partial charge in [0.15, 0.2) is 0 Å². The van der Waals surface area contributed by atoms with Crippen molar-refractivity contribution in [2.24, 2.45) is 0 Å². The van der Waals surface area contributed by atoms with Gasteiger partial charge in [0.1, 0.15) is 0 Å². The average Bonchev–Trinajstić information content (AvgIpc) is 2.15. The summed E-state index contributed by atoms with van der Waals surface area (Å²) in [5.41, 5.74) is 0. The maximum Gasteiger partial charge on any atom is 0.330 e. The van der Waals surface area contributed by atoms with E-state index in [1.165, 1.54) is 25.3 Å². The van der Waals surface area contributed by atoms with E-state index in [1.807, 2.05) is 19.9 Å². The molecule has 0 heterocycles. The third kappa shape index (κ3) is 10.9. The van der Waals surface area contributed by atoms with Crippen LogP contribution in [-0.4, -0.2) is 12.1 Å². The van der Waals surface area contributed by atoms with Crippen LogP contribution in [0, 0.1) is 0 Å². The van der Waals surface area contributed by atoms with Crippen molar-refractivity contribution in [3.8, 4) is 0 Å². The monoisotopic (exact) mass is 210 g/mol. The number of hydrogen-bond acceptors (Lipinski definition) is 2. The van der Waals surface area contributed by atoms with Crippen LogP contribution >= 0.6 is 0 Å². The maximum absolute atomic E-state index is 11.0. The van der Waals surface area contributed by atoms with Crippen LogP contribution in [0.3, 0.4) is 0 Å². The molecule has 0 rings (SSSR count). The van der Waals surface area contributed by atoms with Gasteiger partial charge in [-0.2, -0.15) is 0 Å². The summed E-state index contributed by atoms with van der Waals surface area (Å²) in [7, 11) is 0. The second-order valence-electron chi connectivity index (χ2n) is 3.77. The Balaban J connectivity index is 3.55. The molecule has 0 spiro atoms. The lowest BCUT2D eigenvalue weighted by Crippen LogP contribution is -2.08. The largest absolute Gasteiger partial charge is 0.460 e. The molecule has 2 heteroatoms. The fourth-order valence-corrected chi connectivity index (χ4v) is 1.09. The van der Waals surface area contributed by atoms with E-state index in [0.29, 0.717) is 0 Å². The molecule has 0 aromatic rings. The second kappa shape index (κ2) is 9.50. The first-order valence-corrected chi connectivity index (χ1v) is 5.70. The van der Waals surface area contributed by atoms with E-state index >= 15 is 0 Å². The minimum Gasteiger partial charge on any atom is -0.460 e. The Bertz CT molecular complexity index is 215. The fraction of sp³-hybridized carbons (Fsp3) is 0.615. The zero-order chi connectivity index (χ0) is 11.5. The van der Waals surface area contributed by atoms with Crippen LogP contribution in [0.5, 0.6) is 0 Å². The summed E-state index contributed by atoms with van der Waals surface area (Å²) in [6.45, 7) is 5.87. The molecule has 0 radical (unpaired) electrons. The van der Waals surface area contributed by atoms with Crippen LogP contribution in [-0.2, 0) is 9.53 Å². The first-order valence-electron chi connectivity index (χ1n) is 5.70. The molecule has 0 atom stereocenters. The van der Waals surface area contributed by atoms with Crippen molar-refractivity contribution in [1.82, 2.24) is 0 Å². The first-order chi connectivity index (χ1) is 7.16. The number of carbonyl (C=O) groups excluding carboxylic acids is 1. The number of carbonyl (C=O) groups is 1. The van der Waals surface area contributed by atoms with Crippen LogP contribution in [0.1, 0.15) is 46.5 Å². The number of allylic oxidation sites excluding steroid dienone is 3. The molecule has 0 N–H and O–H groups in total. The van der Waals surface area contributed by atoms with Gasteiger partial charge in [-0.15, -0.1) is 0 Å². The van der Waals surface area contributed by atoms with Crippen LogP contribution in [0.2, 0.25) is 0 Å². The summed E-state index contributed by atoms with van der Waals surface area (Å²) in [4.78, 5) is 11.0. The van der Waals surface area contributed by atoms with Crippen LogP contribution < -0.4 is 0 Å². The van der Waals surface area contributed by atoms with Gasteiger partial charge in [-0.3, -0.25) is 0 Å². The Kier molecular flexibility index (Phi) is 8.84. The van der Waals surface area contributed by atoms with E-state index in [-0.39, 0.29) is 12.1 Å². The van der Waals surface area contributed by atoms with E-state index in [9.17, 15) is 4.79 Å². The number of rotatable bonds is 7. The zero-order valence-corrected chi connectivity index (χ0v) is 10.0. The Morgan fingerprint density at radius 2 is 2.00 bits per heavy atom. The quantitative estimate of drug-likeness (QED) is 0.277. The Morgan fingerprint density at radius 1 is 1.27 bits per heavy atom. The highest BCUT2D eigenvalue weighted by atomic mass is 16.5. The molecule has 2 nitrogen and oxygen atoms in total.